The Balaban J connectivity index is 2.30. The summed E-state index contributed by atoms with van der Waals surface area (Å²) in [4.78, 5) is 0. The van der Waals surface area contributed by atoms with Gasteiger partial charge in [0.05, 0.1) is 0 Å². The van der Waals surface area contributed by atoms with Crippen LogP contribution in [0.25, 0.3) is 0 Å². The third-order valence-electron chi connectivity index (χ3n) is 1.72. The van der Waals surface area contributed by atoms with Crippen LogP contribution in [0.3, 0.4) is 0 Å². The molecule has 0 aromatic rings. The predicted molar refractivity (Wildman–Crippen MR) is 64.2 cm³/mol. The maximum atomic E-state index is 13.1. The molecule has 1 nitrogen and oxygen atoms in total. The van der Waals surface area contributed by atoms with E-state index >= 15 is 0 Å². The zero-order chi connectivity index (χ0) is 8.97. The van der Waals surface area contributed by atoms with Crippen molar-refractivity contribution in [1.29, 1.82) is 0 Å². The van der Waals surface area contributed by atoms with Gasteiger partial charge in [-0.3, -0.25) is 0 Å². The quantitative estimate of drug-likeness (QED) is 0.356. The van der Waals surface area contributed by atoms with Gasteiger partial charge in [-0.2, -0.15) is 0 Å². The SMILES string of the molecule is F[C]1=CC(I)=[N][In]1[CH2]CCCBr. The number of unbranched alkanes of at least 4 members (excludes halogenated alkanes) is 1. The molecule has 0 saturated carbocycles. The van der Waals surface area contributed by atoms with Crippen molar-refractivity contribution in [3.8, 4) is 0 Å². The Morgan fingerprint density at radius 2 is 2.33 bits per heavy atom. The molecule has 0 amide bonds. The van der Waals surface area contributed by atoms with Crippen molar-refractivity contribution < 1.29 is 4.39 Å². The fourth-order valence-electron chi connectivity index (χ4n) is 1.09. The topological polar surface area (TPSA) is 12.4 Å². The number of hydrogen-bond acceptors (Lipinski definition) is 1. The second-order valence-corrected chi connectivity index (χ2v) is 11.5. The first-order valence-corrected chi connectivity index (χ1v) is 11.6. The predicted octanol–water partition coefficient (Wildman–Crippen LogP) is 3.39. The first-order chi connectivity index (χ1) is 5.74. The zero-order valence-corrected chi connectivity index (χ0v) is 13.6. The summed E-state index contributed by atoms with van der Waals surface area (Å²) in [6, 6.07) is 0. The molecule has 0 atom stereocenters. The second-order valence-electron chi connectivity index (χ2n) is 2.68. The molecule has 0 aliphatic carbocycles. The van der Waals surface area contributed by atoms with Gasteiger partial charge in [-0.15, -0.1) is 0 Å². The molecule has 1 rings (SSSR count). The van der Waals surface area contributed by atoms with E-state index in [1.54, 1.807) is 6.08 Å². The summed E-state index contributed by atoms with van der Waals surface area (Å²) in [5.41, 5.74) is 0. The molecule has 0 bridgehead atoms. The van der Waals surface area contributed by atoms with Gasteiger partial charge in [0.1, 0.15) is 0 Å². The number of allylic oxidation sites excluding steroid dienone is 1. The van der Waals surface area contributed by atoms with Crippen molar-refractivity contribution in [2.45, 2.75) is 17.0 Å². The number of halogens is 3. The van der Waals surface area contributed by atoms with Gasteiger partial charge in [-0.25, -0.2) is 0 Å². The molecular formula is C7H9BrFIInN. The first kappa shape index (κ1) is 11.5. The van der Waals surface area contributed by atoms with E-state index in [9.17, 15) is 4.39 Å². The second kappa shape index (κ2) is 6.01. The average molecular weight is 448 g/mol. The van der Waals surface area contributed by atoms with Crippen LogP contribution >= 0.6 is 38.5 Å². The minimum absolute atomic E-state index is 0.135. The minimum atomic E-state index is -2.19. The Bertz CT molecular complexity index is 219. The third kappa shape index (κ3) is 3.65. The molecule has 0 spiro atoms. The summed E-state index contributed by atoms with van der Waals surface area (Å²) in [7, 11) is 0. The molecule has 1 heterocycles. The van der Waals surface area contributed by atoms with E-state index < -0.39 is 21.7 Å². The van der Waals surface area contributed by atoms with E-state index in [0.29, 0.717) is 0 Å². The molecule has 5 heteroatoms. The van der Waals surface area contributed by atoms with Crippen molar-refractivity contribution in [1.82, 2.24) is 0 Å². The van der Waals surface area contributed by atoms with Crippen molar-refractivity contribution in [2.75, 3.05) is 5.33 Å². The third-order valence-corrected chi connectivity index (χ3v) is 11.1. The molecule has 0 fully saturated rings. The molecule has 1 aliphatic rings. The van der Waals surface area contributed by atoms with Crippen LogP contribution in [0.2, 0.25) is 4.18 Å². The number of rotatable bonds is 4. The zero-order valence-electron chi connectivity index (χ0n) is 6.56. The summed E-state index contributed by atoms with van der Waals surface area (Å²) in [5, 5.41) is 1.03. The van der Waals surface area contributed by atoms with Crippen LogP contribution in [0, 0.1) is 0 Å². The van der Waals surface area contributed by atoms with Crippen molar-refractivity contribution >= 4 is 64.0 Å². The Labute approximate surface area is 102 Å². The Morgan fingerprint density at radius 3 is 2.83 bits per heavy atom. The van der Waals surface area contributed by atoms with E-state index in [0.717, 1.165) is 26.1 Å². The molecule has 12 heavy (non-hydrogen) atoms. The summed E-state index contributed by atoms with van der Waals surface area (Å²) >= 11 is 3.27. The van der Waals surface area contributed by atoms with Gasteiger partial charge in [0.25, 0.3) is 0 Å². The van der Waals surface area contributed by atoms with Gasteiger partial charge in [0.2, 0.25) is 0 Å². The van der Waals surface area contributed by atoms with Gasteiger partial charge in [-0.1, -0.05) is 0 Å². The number of alkyl halides is 1. The van der Waals surface area contributed by atoms with Gasteiger partial charge in [0.15, 0.2) is 0 Å². The first-order valence-electron chi connectivity index (χ1n) is 3.90. The summed E-state index contributed by atoms with van der Waals surface area (Å²) in [6.07, 6.45) is 3.88. The Kier molecular flexibility index (Phi) is 5.75. The molecule has 0 saturated heterocycles. The van der Waals surface area contributed by atoms with Crippen LogP contribution < -0.4 is 0 Å². The standard InChI is InChI=1S/C4H8Br.C3HFIN.In/c1-2-3-4-5;4-2-1-3(5)6;/h1-4H2;1H;/q;-1;+1. The Morgan fingerprint density at radius 1 is 1.58 bits per heavy atom. The van der Waals surface area contributed by atoms with Crippen LogP contribution in [0.5, 0.6) is 0 Å². The fourth-order valence-corrected chi connectivity index (χ4v) is 10.5. The number of nitrogens with zero attached hydrogens (tertiary/aromatic N) is 1. The van der Waals surface area contributed by atoms with Crippen LogP contribution in [-0.4, -0.2) is 30.8 Å². The van der Waals surface area contributed by atoms with Gasteiger partial charge < -0.3 is 0 Å². The maximum absolute atomic E-state index is 13.1. The fraction of sp³-hybridized carbons (Fsp3) is 0.571. The molecule has 66 valence electrons. The summed E-state index contributed by atoms with van der Waals surface area (Å²) in [6.45, 7) is 0. The van der Waals surface area contributed by atoms with Crippen molar-refractivity contribution in [2.24, 2.45) is 2.98 Å². The van der Waals surface area contributed by atoms with Crippen LogP contribution in [0.15, 0.2) is 12.6 Å². The molecule has 0 aromatic carbocycles. The number of hydrogen-bond donors (Lipinski definition) is 0. The van der Waals surface area contributed by atoms with Gasteiger partial charge in [-0.05, 0) is 0 Å². The van der Waals surface area contributed by atoms with Crippen LogP contribution in [0.4, 0.5) is 4.39 Å². The van der Waals surface area contributed by atoms with Crippen molar-refractivity contribution in [3.05, 3.63) is 9.66 Å². The van der Waals surface area contributed by atoms with E-state index in [1.165, 1.54) is 0 Å². The summed E-state index contributed by atoms with van der Waals surface area (Å²) in [5.74, 6) is 0. The van der Waals surface area contributed by atoms with E-state index in [1.807, 2.05) is 0 Å². The molecule has 0 N–H and O–H groups in total. The van der Waals surface area contributed by atoms with Crippen LogP contribution in [0.1, 0.15) is 12.8 Å². The normalized spacial score (nSPS) is 16.4. The molecule has 0 aromatic heterocycles. The van der Waals surface area contributed by atoms with E-state index in [4.69, 9.17) is 0 Å². The van der Waals surface area contributed by atoms with Crippen molar-refractivity contribution in [3.63, 3.8) is 0 Å². The molecule has 1 aliphatic heterocycles. The average Bonchev–Trinajstić information content (AvgIpc) is 2.31. The van der Waals surface area contributed by atoms with E-state index in [2.05, 4.69) is 41.5 Å². The molecule has 0 radical (unpaired) electrons. The molecular weight excluding hydrogens is 439 g/mol. The van der Waals surface area contributed by atoms with Gasteiger partial charge >= 0.3 is 103 Å². The van der Waals surface area contributed by atoms with Gasteiger partial charge in [0, 0.05) is 0 Å². The Hall–Kier alpha value is 1.42. The van der Waals surface area contributed by atoms with E-state index in [-0.39, 0.29) is 3.58 Å². The monoisotopic (exact) mass is 447 g/mol. The summed E-state index contributed by atoms with van der Waals surface area (Å²) < 4.78 is 19.5. The molecule has 0 unspecified atom stereocenters. The van der Waals surface area contributed by atoms with Crippen LogP contribution in [-0.2, 0) is 0 Å².